The lowest BCUT2D eigenvalue weighted by Crippen LogP contribution is -2.31. The van der Waals surface area contributed by atoms with E-state index in [0.717, 1.165) is 0 Å². The molecule has 1 amide bonds. The van der Waals surface area contributed by atoms with Gasteiger partial charge in [0.05, 0.1) is 0 Å². The smallest absolute Gasteiger partial charge is 0.267 e. The van der Waals surface area contributed by atoms with Crippen molar-refractivity contribution in [1.82, 2.24) is 14.8 Å². The van der Waals surface area contributed by atoms with E-state index in [0.29, 0.717) is 17.5 Å². The molecule has 0 radical (unpaired) electrons. The summed E-state index contributed by atoms with van der Waals surface area (Å²) in [4.78, 5) is 16.1. The Morgan fingerprint density at radius 1 is 1.37 bits per heavy atom. The number of anilines is 1. The van der Waals surface area contributed by atoms with E-state index in [9.17, 15) is 4.79 Å². The predicted molar refractivity (Wildman–Crippen MR) is 70.9 cm³/mol. The summed E-state index contributed by atoms with van der Waals surface area (Å²) in [5.74, 6) is 1.40. The van der Waals surface area contributed by atoms with Crippen molar-refractivity contribution in [3.05, 3.63) is 36.2 Å². The van der Waals surface area contributed by atoms with Gasteiger partial charge in [0.1, 0.15) is 11.6 Å². The van der Waals surface area contributed by atoms with Crippen LogP contribution in [0.5, 0.6) is 5.75 Å². The molecule has 1 N–H and O–H groups in total. The van der Waals surface area contributed by atoms with Crippen LogP contribution in [0.25, 0.3) is 0 Å². The third-order valence-electron chi connectivity index (χ3n) is 2.53. The van der Waals surface area contributed by atoms with E-state index in [1.54, 1.807) is 33.0 Å². The highest BCUT2D eigenvalue weighted by molar-refractivity contribution is 5.92. The second-order valence-electron chi connectivity index (χ2n) is 4.17. The highest BCUT2D eigenvalue weighted by atomic mass is 16.5. The Hall–Kier alpha value is -2.37. The Morgan fingerprint density at radius 2 is 2.05 bits per heavy atom. The monoisotopic (exact) mass is 260 g/mol. The number of rotatable bonds is 4. The van der Waals surface area contributed by atoms with E-state index >= 15 is 0 Å². The first-order valence-corrected chi connectivity index (χ1v) is 5.96. The Bertz CT molecular complexity index is 565. The van der Waals surface area contributed by atoms with Gasteiger partial charge in [-0.2, -0.15) is 10.1 Å². The number of para-hydroxylation sites is 1. The van der Waals surface area contributed by atoms with Crippen molar-refractivity contribution in [2.24, 2.45) is 7.05 Å². The van der Waals surface area contributed by atoms with Gasteiger partial charge < -0.3 is 4.74 Å². The van der Waals surface area contributed by atoms with Crippen molar-refractivity contribution in [3.63, 3.8) is 0 Å². The van der Waals surface area contributed by atoms with E-state index in [-0.39, 0.29) is 5.91 Å². The van der Waals surface area contributed by atoms with Crippen LogP contribution in [0, 0.1) is 6.92 Å². The molecule has 0 saturated carbocycles. The SMILES string of the molecule is Cc1nc(NC(=O)[C@@H](C)Oc2ccccc2)n(C)n1. The molecule has 100 valence electrons. The van der Waals surface area contributed by atoms with Gasteiger partial charge in [0.2, 0.25) is 5.95 Å². The van der Waals surface area contributed by atoms with Crippen LogP contribution in [-0.4, -0.2) is 26.8 Å². The molecule has 1 atom stereocenters. The maximum absolute atomic E-state index is 12.0. The number of aromatic nitrogens is 3. The lowest BCUT2D eigenvalue weighted by Gasteiger charge is -2.13. The van der Waals surface area contributed by atoms with Gasteiger partial charge in [0.25, 0.3) is 5.91 Å². The standard InChI is InChI=1S/C13H16N4O2/c1-9(19-11-7-5-4-6-8-11)12(18)15-13-14-10(2)16-17(13)3/h4-9H,1-3H3,(H,14,15,16,18)/t9-/m1/s1. The molecule has 0 fully saturated rings. The molecule has 0 aliphatic rings. The molecule has 1 aromatic heterocycles. The van der Waals surface area contributed by atoms with E-state index in [4.69, 9.17) is 4.74 Å². The van der Waals surface area contributed by atoms with Crippen molar-refractivity contribution < 1.29 is 9.53 Å². The second kappa shape index (κ2) is 5.51. The maximum atomic E-state index is 12.0. The molecule has 0 aliphatic heterocycles. The molecule has 2 aromatic rings. The van der Waals surface area contributed by atoms with Crippen molar-refractivity contribution in [1.29, 1.82) is 0 Å². The number of carbonyl (C=O) groups excluding carboxylic acids is 1. The van der Waals surface area contributed by atoms with Crippen LogP contribution in [0.1, 0.15) is 12.7 Å². The van der Waals surface area contributed by atoms with Gasteiger partial charge in [-0.3, -0.25) is 10.1 Å². The summed E-state index contributed by atoms with van der Waals surface area (Å²) >= 11 is 0. The molecule has 6 nitrogen and oxygen atoms in total. The summed E-state index contributed by atoms with van der Waals surface area (Å²) in [5, 5.41) is 6.73. The number of hydrogen-bond donors (Lipinski definition) is 1. The average molecular weight is 260 g/mol. The van der Waals surface area contributed by atoms with E-state index in [2.05, 4.69) is 15.4 Å². The molecule has 0 saturated heterocycles. The van der Waals surface area contributed by atoms with Crippen molar-refractivity contribution in [2.45, 2.75) is 20.0 Å². The zero-order valence-electron chi connectivity index (χ0n) is 11.1. The summed E-state index contributed by atoms with van der Waals surface area (Å²) in [6, 6.07) is 9.20. The maximum Gasteiger partial charge on any atom is 0.267 e. The second-order valence-corrected chi connectivity index (χ2v) is 4.17. The molecule has 6 heteroatoms. The first-order valence-electron chi connectivity index (χ1n) is 5.96. The first kappa shape index (κ1) is 13.1. The van der Waals surface area contributed by atoms with Gasteiger partial charge >= 0.3 is 0 Å². The minimum absolute atomic E-state index is 0.264. The summed E-state index contributed by atoms with van der Waals surface area (Å²) in [7, 11) is 1.72. The first-order chi connectivity index (χ1) is 9.06. The Balaban J connectivity index is 1.98. The van der Waals surface area contributed by atoms with Gasteiger partial charge in [-0.15, -0.1) is 0 Å². The highest BCUT2D eigenvalue weighted by Gasteiger charge is 2.17. The van der Waals surface area contributed by atoms with E-state index < -0.39 is 6.10 Å². The van der Waals surface area contributed by atoms with Crippen LogP contribution in [0.3, 0.4) is 0 Å². The molecule has 1 heterocycles. The van der Waals surface area contributed by atoms with Crippen LogP contribution in [0.2, 0.25) is 0 Å². The fourth-order valence-corrected chi connectivity index (χ4v) is 1.59. The molecular weight excluding hydrogens is 244 g/mol. The largest absolute Gasteiger partial charge is 0.481 e. The van der Waals surface area contributed by atoms with Crippen LogP contribution in [0.4, 0.5) is 5.95 Å². The zero-order valence-corrected chi connectivity index (χ0v) is 11.1. The molecular formula is C13H16N4O2. The van der Waals surface area contributed by atoms with Gasteiger partial charge in [-0.1, -0.05) is 18.2 Å². The topological polar surface area (TPSA) is 69.0 Å². The van der Waals surface area contributed by atoms with Crippen LogP contribution in [0.15, 0.2) is 30.3 Å². The normalized spacial score (nSPS) is 11.9. The van der Waals surface area contributed by atoms with Crippen LogP contribution >= 0.6 is 0 Å². The highest BCUT2D eigenvalue weighted by Crippen LogP contribution is 2.11. The number of carbonyl (C=O) groups is 1. The number of aryl methyl sites for hydroxylation is 2. The van der Waals surface area contributed by atoms with Gasteiger partial charge in [-0.05, 0) is 26.0 Å². The molecule has 0 aliphatic carbocycles. The molecule has 0 spiro atoms. The number of amides is 1. The fraction of sp³-hybridized carbons (Fsp3) is 0.308. The molecule has 0 bridgehead atoms. The quantitative estimate of drug-likeness (QED) is 0.905. The van der Waals surface area contributed by atoms with Crippen molar-refractivity contribution in [2.75, 3.05) is 5.32 Å². The van der Waals surface area contributed by atoms with Gasteiger partial charge in [0.15, 0.2) is 6.10 Å². The number of nitrogens with zero attached hydrogens (tertiary/aromatic N) is 3. The van der Waals surface area contributed by atoms with Crippen LogP contribution < -0.4 is 10.1 Å². The summed E-state index contributed by atoms with van der Waals surface area (Å²) in [6.07, 6.45) is -0.612. The Labute approximate surface area is 111 Å². The molecule has 19 heavy (non-hydrogen) atoms. The zero-order chi connectivity index (χ0) is 13.8. The van der Waals surface area contributed by atoms with Crippen LogP contribution in [-0.2, 0) is 11.8 Å². The minimum Gasteiger partial charge on any atom is -0.481 e. The van der Waals surface area contributed by atoms with Gasteiger partial charge in [-0.25, -0.2) is 4.68 Å². The summed E-state index contributed by atoms with van der Waals surface area (Å²) < 4.78 is 7.04. The number of benzene rings is 1. The average Bonchev–Trinajstić information content (AvgIpc) is 2.69. The summed E-state index contributed by atoms with van der Waals surface area (Å²) in [5.41, 5.74) is 0. The van der Waals surface area contributed by atoms with Crippen molar-refractivity contribution >= 4 is 11.9 Å². The predicted octanol–water partition coefficient (Wildman–Crippen LogP) is 1.53. The third kappa shape index (κ3) is 3.31. The lowest BCUT2D eigenvalue weighted by molar-refractivity contribution is -0.122. The van der Waals surface area contributed by atoms with Crippen molar-refractivity contribution in [3.8, 4) is 5.75 Å². The minimum atomic E-state index is -0.612. The van der Waals surface area contributed by atoms with E-state index in [1.807, 2.05) is 18.2 Å². The molecule has 1 aromatic carbocycles. The lowest BCUT2D eigenvalue weighted by atomic mass is 10.3. The Morgan fingerprint density at radius 3 is 2.63 bits per heavy atom. The number of nitrogens with one attached hydrogen (secondary N) is 1. The Kier molecular flexibility index (Phi) is 3.79. The molecule has 0 unspecified atom stereocenters. The van der Waals surface area contributed by atoms with Gasteiger partial charge in [0, 0.05) is 7.05 Å². The van der Waals surface area contributed by atoms with E-state index in [1.165, 1.54) is 4.68 Å². The number of ether oxygens (including phenoxy) is 1. The third-order valence-corrected chi connectivity index (χ3v) is 2.53. The summed E-state index contributed by atoms with van der Waals surface area (Å²) in [6.45, 7) is 3.45. The number of hydrogen-bond acceptors (Lipinski definition) is 4. The molecule has 2 rings (SSSR count). The fourth-order valence-electron chi connectivity index (χ4n) is 1.59.